The van der Waals surface area contributed by atoms with Crippen molar-refractivity contribution >= 4 is 19.7 Å². The lowest BCUT2D eigenvalue weighted by Crippen LogP contribution is -1.96. The Kier molecular flexibility index (Phi) is 2.10. The van der Waals surface area contributed by atoms with Gasteiger partial charge in [-0.05, 0) is 12.1 Å². The monoisotopic (exact) mass is 195 g/mol. The predicted octanol–water partition coefficient (Wildman–Crippen LogP) is 1.15. The molecule has 3 nitrogen and oxygen atoms in total. The van der Waals surface area contributed by atoms with E-state index in [1.54, 1.807) is 0 Å². The quantitative estimate of drug-likeness (QED) is 0.499. The Labute approximate surface area is 67.2 Å². The summed E-state index contributed by atoms with van der Waals surface area (Å²) in [6.07, 6.45) is 1.14. The number of hydrogen-bond donors (Lipinski definition) is 0. The molecule has 1 rings (SSSR count). The average molecular weight is 196 g/mol. The molecule has 0 aromatic carbocycles. The molecule has 60 valence electrons. The highest BCUT2D eigenvalue weighted by atomic mass is 35.7. The SMILES string of the molecule is O=S(=O)(Cl)c1cccnc1F. The average Bonchev–Trinajstić information content (AvgIpc) is 1.86. The Hall–Kier alpha value is -0.680. The lowest BCUT2D eigenvalue weighted by atomic mass is 10.5. The van der Waals surface area contributed by atoms with E-state index in [0.29, 0.717) is 0 Å². The van der Waals surface area contributed by atoms with E-state index >= 15 is 0 Å². The number of aromatic nitrogens is 1. The highest BCUT2D eigenvalue weighted by Crippen LogP contribution is 2.15. The molecule has 0 N–H and O–H groups in total. The van der Waals surface area contributed by atoms with Crippen LogP contribution in [0.5, 0.6) is 0 Å². The van der Waals surface area contributed by atoms with Crippen molar-refractivity contribution in [3.63, 3.8) is 0 Å². The number of hydrogen-bond acceptors (Lipinski definition) is 3. The van der Waals surface area contributed by atoms with Gasteiger partial charge in [0.15, 0.2) is 0 Å². The van der Waals surface area contributed by atoms with E-state index < -0.39 is 19.9 Å². The lowest BCUT2D eigenvalue weighted by Gasteiger charge is -1.94. The number of pyridine rings is 1. The first-order valence-electron chi connectivity index (χ1n) is 2.57. The van der Waals surface area contributed by atoms with Gasteiger partial charge in [0.25, 0.3) is 9.05 Å². The molecule has 0 aliphatic rings. The van der Waals surface area contributed by atoms with Crippen LogP contribution in [0, 0.1) is 5.95 Å². The molecule has 0 aliphatic carbocycles. The molecule has 0 saturated carbocycles. The van der Waals surface area contributed by atoms with Crippen LogP contribution >= 0.6 is 10.7 Å². The van der Waals surface area contributed by atoms with Crippen LogP contribution in [-0.4, -0.2) is 13.4 Å². The summed E-state index contributed by atoms with van der Waals surface area (Å²) in [7, 11) is 0.857. The molecule has 0 fully saturated rings. The summed E-state index contributed by atoms with van der Waals surface area (Å²) in [5, 5.41) is 0. The van der Waals surface area contributed by atoms with Crippen molar-refractivity contribution in [2.75, 3.05) is 0 Å². The van der Waals surface area contributed by atoms with Crippen molar-refractivity contribution in [1.82, 2.24) is 4.98 Å². The van der Waals surface area contributed by atoms with Gasteiger partial charge in [-0.1, -0.05) is 0 Å². The Morgan fingerprint density at radius 2 is 2.18 bits per heavy atom. The summed E-state index contributed by atoms with van der Waals surface area (Å²) in [5.74, 6) is -1.08. The van der Waals surface area contributed by atoms with Crippen LogP contribution in [0.1, 0.15) is 0 Å². The molecule has 0 spiro atoms. The second-order valence-corrected chi connectivity index (χ2v) is 4.26. The highest BCUT2D eigenvalue weighted by molar-refractivity contribution is 8.13. The van der Waals surface area contributed by atoms with Gasteiger partial charge in [0, 0.05) is 16.9 Å². The van der Waals surface area contributed by atoms with Crippen LogP contribution < -0.4 is 0 Å². The fourth-order valence-electron chi connectivity index (χ4n) is 0.553. The second-order valence-electron chi connectivity index (χ2n) is 1.73. The van der Waals surface area contributed by atoms with E-state index in [0.717, 1.165) is 12.3 Å². The molecule has 6 heteroatoms. The first-order chi connectivity index (χ1) is 5.02. The topological polar surface area (TPSA) is 47.0 Å². The summed E-state index contributed by atoms with van der Waals surface area (Å²) in [6, 6.07) is 2.34. The Bertz CT molecular complexity index is 365. The molecular formula is C5H3ClFNO2S. The number of nitrogens with zero attached hydrogens (tertiary/aromatic N) is 1. The standard InChI is InChI=1S/C5H3ClFNO2S/c6-11(9,10)4-2-1-3-8-5(4)7/h1-3H. The summed E-state index contributed by atoms with van der Waals surface area (Å²) >= 11 is 0. The molecule has 1 aromatic rings. The van der Waals surface area contributed by atoms with Crippen LogP contribution in [0.4, 0.5) is 4.39 Å². The fraction of sp³-hybridized carbons (Fsp3) is 0. The van der Waals surface area contributed by atoms with Crippen LogP contribution in [0.25, 0.3) is 0 Å². The van der Waals surface area contributed by atoms with Crippen LogP contribution in [0.2, 0.25) is 0 Å². The summed E-state index contributed by atoms with van der Waals surface area (Å²) in [6.45, 7) is 0. The minimum atomic E-state index is -4.00. The van der Waals surface area contributed by atoms with E-state index in [1.807, 2.05) is 0 Å². The zero-order chi connectivity index (χ0) is 8.48. The van der Waals surface area contributed by atoms with Crippen molar-refractivity contribution in [2.24, 2.45) is 0 Å². The minimum Gasteiger partial charge on any atom is -0.227 e. The van der Waals surface area contributed by atoms with Crippen molar-refractivity contribution < 1.29 is 12.8 Å². The molecule has 0 aliphatic heterocycles. The third kappa shape index (κ3) is 1.87. The molecule has 0 saturated heterocycles. The van der Waals surface area contributed by atoms with Crippen molar-refractivity contribution in [3.05, 3.63) is 24.3 Å². The lowest BCUT2D eigenvalue weighted by molar-refractivity contribution is 0.543. The Balaban J connectivity index is 3.37. The molecule has 0 unspecified atom stereocenters. The second kappa shape index (κ2) is 2.75. The first kappa shape index (κ1) is 8.42. The van der Waals surface area contributed by atoms with Gasteiger partial charge in [0.1, 0.15) is 4.90 Å². The largest absolute Gasteiger partial charge is 0.265 e. The maximum atomic E-state index is 12.5. The van der Waals surface area contributed by atoms with E-state index in [2.05, 4.69) is 4.98 Å². The third-order valence-electron chi connectivity index (χ3n) is 0.988. The highest BCUT2D eigenvalue weighted by Gasteiger charge is 2.15. The summed E-state index contributed by atoms with van der Waals surface area (Å²) in [5.41, 5.74) is 0. The van der Waals surface area contributed by atoms with Crippen LogP contribution in [-0.2, 0) is 9.05 Å². The van der Waals surface area contributed by atoms with Gasteiger partial charge in [-0.15, -0.1) is 0 Å². The number of rotatable bonds is 1. The third-order valence-corrected chi connectivity index (χ3v) is 2.32. The molecule has 0 atom stereocenters. The van der Waals surface area contributed by atoms with Gasteiger partial charge >= 0.3 is 0 Å². The van der Waals surface area contributed by atoms with Crippen LogP contribution in [0.3, 0.4) is 0 Å². The summed E-state index contributed by atoms with van der Waals surface area (Å²) in [4.78, 5) is 2.52. The zero-order valence-corrected chi connectivity index (χ0v) is 6.73. The van der Waals surface area contributed by atoms with Gasteiger partial charge < -0.3 is 0 Å². The minimum absolute atomic E-state index is 0.596. The predicted molar refractivity (Wildman–Crippen MR) is 37.2 cm³/mol. The molecule has 0 bridgehead atoms. The normalized spacial score (nSPS) is 11.5. The van der Waals surface area contributed by atoms with E-state index in [9.17, 15) is 12.8 Å². The summed E-state index contributed by atoms with van der Waals surface area (Å²) < 4.78 is 33.6. The van der Waals surface area contributed by atoms with E-state index in [4.69, 9.17) is 10.7 Å². The molecular weight excluding hydrogens is 193 g/mol. The van der Waals surface area contributed by atoms with E-state index in [1.165, 1.54) is 6.07 Å². The molecule has 0 amide bonds. The van der Waals surface area contributed by atoms with Crippen molar-refractivity contribution in [2.45, 2.75) is 4.90 Å². The van der Waals surface area contributed by atoms with Gasteiger partial charge in [-0.25, -0.2) is 13.4 Å². The van der Waals surface area contributed by atoms with Gasteiger partial charge in [0.2, 0.25) is 5.95 Å². The maximum absolute atomic E-state index is 12.5. The first-order valence-corrected chi connectivity index (χ1v) is 4.88. The molecule has 0 radical (unpaired) electrons. The Morgan fingerprint density at radius 1 is 1.55 bits per heavy atom. The smallest absolute Gasteiger partial charge is 0.227 e. The van der Waals surface area contributed by atoms with Crippen molar-refractivity contribution in [3.8, 4) is 0 Å². The molecule has 1 heterocycles. The zero-order valence-electron chi connectivity index (χ0n) is 5.16. The Morgan fingerprint density at radius 3 is 2.55 bits per heavy atom. The van der Waals surface area contributed by atoms with Gasteiger partial charge in [-0.3, -0.25) is 0 Å². The van der Waals surface area contributed by atoms with E-state index in [-0.39, 0.29) is 0 Å². The fourth-order valence-corrected chi connectivity index (χ4v) is 1.39. The van der Waals surface area contributed by atoms with Crippen LogP contribution in [0.15, 0.2) is 23.2 Å². The van der Waals surface area contributed by atoms with Gasteiger partial charge in [0.05, 0.1) is 0 Å². The molecule has 11 heavy (non-hydrogen) atoms. The number of halogens is 2. The van der Waals surface area contributed by atoms with Gasteiger partial charge in [-0.2, -0.15) is 4.39 Å². The van der Waals surface area contributed by atoms with Crippen molar-refractivity contribution in [1.29, 1.82) is 0 Å². The molecule has 1 aromatic heterocycles. The maximum Gasteiger partial charge on any atom is 0.265 e.